The van der Waals surface area contributed by atoms with Gasteiger partial charge in [-0.1, -0.05) is 18.2 Å². The molecule has 7 nitrogen and oxygen atoms in total. The Labute approximate surface area is 115 Å². The van der Waals surface area contributed by atoms with Crippen molar-refractivity contribution in [2.75, 3.05) is 4.72 Å². The van der Waals surface area contributed by atoms with Crippen molar-refractivity contribution in [1.29, 1.82) is 0 Å². The zero-order chi connectivity index (χ0) is 14.8. The second kappa shape index (κ2) is 5.25. The van der Waals surface area contributed by atoms with E-state index in [1.54, 1.807) is 19.1 Å². The topological polar surface area (TPSA) is 102 Å². The Bertz CT molecular complexity index is 759. The molecule has 104 valence electrons. The number of anilines is 1. The summed E-state index contributed by atoms with van der Waals surface area (Å²) in [5.74, 6) is 0.114. The zero-order valence-electron chi connectivity index (χ0n) is 10.5. The quantitative estimate of drug-likeness (QED) is 0.687. The van der Waals surface area contributed by atoms with E-state index in [1.807, 2.05) is 0 Å². The first-order valence-corrected chi connectivity index (χ1v) is 7.08. The van der Waals surface area contributed by atoms with Crippen molar-refractivity contribution in [1.82, 2.24) is 4.98 Å². The van der Waals surface area contributed by atoms with Gasteiger partial charge < -0.3 is 0 Å². The number of hydrogen-bond donors (Lipinski definition) is 1. The lowest BCUT2D eigenvalue weighted by molar-refractivity contribution is -0.387. The minimum Gasteiger partial charge on any atom is -0.263 e. The van der Waals surface area contributed by atoms with Gasteiger partial charge in [0, 0.05) is 11.8 Å². The van der Waals surface area contributed by atoms with E-state index >= 15 is 0 Å². The molecule has 2 rings (SSSR count). The number of benzene rings is 1. The van der Waals surface area contributed by atoms with E-state index in [-0.39, 0.29) is 5.82 Å². The van der Waals surface area contributed by atoms with Crippen LogP contribution in [0.4, 0.5) is 11.5 Å². The van der Waals surface area contributed by atoms with Crippen LogP contribution in [0, 0.1) is 17.0 Å². The second-order valence-corrected chi connectivity index (χ2v) is 5.65. The SMILES string of the molecule is Cc1cccc(NS(=O)(=O)c2ccccc2[N+](=O)[O-])n1. The molecular weight excluding hydrogens is 282 g/mol. The number of para-hydroxylation sites is 1. The standard InChI is InChI=1S/C12H11N3O4S/c1-9-5-4-8-12(13-9)14-20(18,19)11-7-3-2-6-10(11)15(16)17/h2-8H,1H3,(H,13,14). The van der Waals surface area contributed by atoms with Crippen LogP contribution in [0.25, 0.3) is 0 Å². The molecule has 0 saturated heterocycles. The average molecular weight is 293 g/mol. The first kappa shape index (κ1) is 13.9. The summed E-state index contributed by atoms with van der Waals surface area (Å²) in [6.07, 6.45) is 0. The third-order valence-corrected chi connectivity index (χ3v) is 3.88. The number of aromatic nitrogens is 1. The highest BCUT2D eigenvalue weighted by Crippen LogP contribution is 2.24. The van der Waals surface area contributed by atoms with Crippen molar-refractivity contribution in [3.8, 4) is 0 Å². The third-order valence-electron chi connectivity index (χ3n) is 2.48. The minimum absolute atomic E-state index is 0.114. The van der Waals surface area contributed by atoms with Crippen molar-refractivity contribution in [3.63, 3.8) is 0 Å². The molecule has 0 bridgehead atoms. The van der Waals surface area contributed by atoms with Gasteiger partial charge in [0.15, 0.2) is 4.90 Å². The third kappa shape index (κ3) is 2.91. The van der Waals surface area contributed by atoms with E-state index in [9.17, 15) is 18.5 Å². The van der Waals surface area contributed by atoms with Gasteiger partial charge in [0.05, 0.1) is 4.92 Å². The molecular formula is C12H11N3O4S. The number of nitro benzene ring substituents is 1. The fourth-order valence-electron chi connectivity index (χ4n) is 1.63. The van der Waals surface area contributed by atoms with Gasteiger partial charge in [-0.3, -0.25) is 14.8 Å². The van der Waals surface area contributed by atoms with Gasteiger partial charge in [-0.05, 0) is 25.1 Å². The summed E-state index contributed by atoms with van der Waals surface area (Å²) in [6.45, 7) is 1.71. The van der Waals surface area contributed by atoms with E-state index in [4.69, 9.17) is 0 Å². The van der Waals surface area contributed by atoms with Gasteiger partial charge in [0.2, 0.25) is 0 Å². The number of rotatable bonds is 4. The summed E-state index contributed by atoms with van der Waals surface area (Å²) >= 11 is 0. The smallest absolute Gasteiger partial charge is 0.263 e. The van der Waals surface area contributed by atoms with Crippen molar-refractivity contribution in [2.45, 2.75) is 11.8 Å². The number of sulfonamides is 1. The second-order valence-electron chi connectivity index (χ2n) is 3.99. The molecule has 0 aliphatic rings. The van der Waals surface area contributed by atoms with Crippen LogP contribution in [0.1, 0.15) is 5.69 Å². The summed E-state index contributed by atoms with van der Waals surface area (Å²) in [5.41, 5.74) is 0.153. The fourth-order valence-corrected chi connectivity index (χ4v) is 2.80. The normalized spacial score (nSPS) is 11.1. The van der Waals surface area contributed by atoms with Crippen LogP contribution in [0.2, 0.25) is 0 Å². The first-order chi connectivity index (χ1) is 9.40. The monoisotopic (exact) mass is 293 g/mol. The largest absolute Gasteiger partial charge is 0.289 e. The highest BCUT2D eigenvalue weighted by Gasteiger charge is 2.25. The Morgan fingerprint density at radius 2 is 1.85 bits per heavy atom. The number of hydrogen-bond acceptors (Lipinski definition) is 5. The van der Waals surface area contributed by atoms with Gasteiger partial charge in [-0.2, -0.15) is 0 Å². The highest BCUT2D eigenvalue weighted by molar-refractivity contribution is 7.92. The Morgan fingerprint density at radius 1 is 1.15 bits per heavy atom. The lowest BCUT2D eigenvalue weighted by Gasteiger charge is -2.08. The van der Waals surface area contributed by atoms with Crippen LogP contribution < -0.4 is 4.72 Å². The van der Waals surface area contributed by atoms with Crippen LogP contribution >= 0.6 is 0 Å². The van der Waals surface area contributed by atoms with Gasteiger partial charge >= 0.3 is 0 Å². The van der Waals surface area contributed by atoms with E-state index in [0.717, 1.165) is 6.07 Å². The molecule has 0 amide bonds. The fraction of sp³-hybridized carbons (Fsp3) is 0.0833. The van der Waals surface area contributed by atoms with Gasteiger partial charge in [0.1, 0.15) is 5.82 Å². The van der Waals surface area contributed by atoms with Crippen molar-refractivity contribution >= 4 is 21.5 Å². The molecule has 20 heavy (non-hydrogen) atoms. The molecule has 0 saturated carbocycles. The lowest BCUT2D eigenvalue weighted by atomic mass is 10.3. The van der Waals surface area contributed by atoms with Crippen LogP contribution in [0.3, 0.4) is 0 Å². The molecule has 1 N–H and O–H groups in total. The summed E-state index contributed by atoms with van der Waals surface area (Å²) in [4.78, 5) is 13.7. The molecule has 0 atom stereocenters. The highest BCUT2D eigenvalue weighted by atomic mass is 32.2. The maximum Gasteiger partial charge on any atom is 0.289 e. The predicted molar refractivity (Wildman–Crippen MR) is 72.9 cm³/mol. The number of nitro groups is 1. The van der Waals surface area contributed by atoms with Crippen molar-refractivity contribution in [3.05, 3.63) is 58.3 Å². The Kier molecular flexibility index (Phi) is 3.66. The molecule has 1 aromatic heterocycles. The molecule has 1 aromatic carbocycles. The number of nitrogens with one attached hydrogen (secondary N) is 1. The molecule has 0 radical (unpaired) electrons. The van der Waals surface area contributed by atoms with Crippen LogP contribution in [0.5, 0.6) is 0 Å². The molecule has 2 aromatic rings. The maximum atomic E-state index is 12.2. The maximum absolute atomic E-state index is 12.2. The van der Waals surface area contributed by atoms with Gasteiger partial charge in [0.25, 0.3) is 15.7 Å². The summed E-state index contributed by atoms with van der Waals surface area (Å²) in [7, 11) is -4.06. The molecule has 0 aliphatic heterocycles. The van der Waals surface area contributed by atoms with Crippen LogP contribution in [0.15, 0.2) is 47.4 Å². The molecule has 0 unspecified atom stereocenters. The van der Waals surface area contributed by atoms with E-state index in [0.29, 0.717) is 5.69 Å². The van der Waals surface area contributed by atoms with Crippen LogP contribution in [-0.2, 0) is 10.0 Å². The van der Waals surface area contributed by atoms with Crippen LogP contribution in [-0.4, -0.2) is 18.3 Å². The van der Waals surface area contributed by atoms with E-state index < -0.39 is 25.5 Å². The lowest BCUT2D eigenvalue weighted by Crippen LogP contribution is -2.15. The first-order valence-electron chi connectivity index (χ1n) is 5.60. The summed E-state index contributed by atoms with van der Waals surface area (Å²) in [6, 6.07) is 9.96. The predicted octanol–water partition coefficient (Wildman–Crippen LogP) is 2.10. The van der Waals surface area contributed by atoms with E-state index in [2.05, 4.69) is 9.71 Å². The van der Waals surface area contributed by atoms with Gasteiger partial charge in [-0.25, -0.2) is 13.4 Å². The molecule has 0 spiro atoms. The number of pyridine rings is 1. The molecule has 8 heteroatoms. The Hall–Kier alpha value is -2.48. The van der Waals surface area contributed by atoms with Crippen molar-refractivity contribution in [2.24, 2.45) is 0 Å². The summed E-state index contributed by atoms with van der Waals surface area (Å²) < 4.78 is 26.6. The number of nitrogens with zero attached hydrogens (tertiary/aromatic N) is 2. The Morgan fingerprint density at radius 3 is 2.50 bits per heavy atom. The average Bonchev–Trinajstić information content (AvgIpc) is 2.38. The minimum atomic E-state index is -4.06. The van der Waals surface area contributed by atoms with Gasteiger partial charge in [-0.15, -0.1) is 0 Å². The molecule has 0 aliphatic carbocycles. The molecule has 1 heterocycles. The van der Waals surface area contributed by atoms with E-state index in [1.165, 1.54) is 24.3 Å². The molecule has 0 fully saturated rings. The zero-order valence-corrected chi connectivity index (χ0v) is 11.3. The van der Waals surface area contributed by atoms with Crippen molar-refractivity contribution < 1.29 is 13.3 Å². The number of aryl methyl sites for hydroxylation is 1. The summed E-state index contributed by atoms with van der Waals surface area (Å²) in [5, 5.41) is 10.9. The Balaban J connectivity index is 2.44.